The molecule has 0 unspecified atom stereocenters. The molecule has 0 saturated heterocycles. The molecule has 41 heavy (non-hydrogen) atoms. The fraction of sp³-hybridized carbons (Fsp3) is 0.156. The van der Waals surface area contributed by atoms with E-state index in [0.29, 0.717) is 40.3 Å². The smallest absolute Gasteiger partial charge is 0.228 e. The summed E-state index contributed by atoms with van der Waals surface area (Å²) in [6.45, 7) is 0.151. The van der Waals surface area contributed by atoms with Crippen LogP contribution in [0, 0.1) is 0 Å². The molecule has 0 saturated carbocycles. The summed E-state index contributed by atoms with van der Waals surface area (Å²) in [6.07, 6.45) is 1.62. The summed E-state index contributed by atoms with van der Waals surface area (Å²) < 4.78 is 30.7. The molecule has 0 aliphatic carbocycles. The number of nitrogens with zero attached hydrogens (tertiary/aromatic N) is 4. The molecule has 0 bridgehead atoms. The normalized spacial score (nSPS) is 13.8. The lowest BCUT2D eigenvalue weighted by molar-refractivity contribution is 0.276. The number of methoxy groups -OCH3 is 3. The predicted molar refractivity (Wildman–Crippen MR) is 153 cm³/mol. The fourth-order valence-electron chi connectivity index (χ4n) is 5.46. The van der Waals surface area contributed by atoms with Gasteiger partial charge in [0.2, 0.25) is 5.88 Å². The van der Waals surface area contributed by atoms with Gasteiger partial charge in [0.05, 0.1) is 26.9 Å². The van der Waals surface area contributed by atoms with Crippen LogP contribution in [0.15, 0.2) is 85.2 Å². The Balaban J connectivity index is 1.40. The molecule has 0 N–H and O–H groups in total. The average molecular weight is 547 g/mol. The lowest BCUT2D eigenvalue weighted by Crippen LogP contribution is -2.15. The zero-order valence-corrected chi connectivity index (χ0v) is 22.7. The van der Waals surface area contributed by atoms with Gasteiger partial charge >= 0.3 is 0 Å². The molecule has 204 valence electrons. The van der Waals surface area contributed by atoms with Crippen molar-refractivity contribution < 1.29 is 23.7 Å². The summed E-state index contributed by atoms with van der Waals surface area (Å²) in [5.41, 5.74) is 3.44. The Morgan fingerprint density at radius 2 is 1.54 bits per heavy atom. The van der Waals surface area contributed by atoms with E-state index in [1.807, 2.05) is 60.7 Å². The van der Waals surface area contributed by atoms with Crippen LogP contribution in [0.2, 0.25) is 0 Å². The molecule has 1 aliphatic heterocycles. The summed E-state index contributed by atoms with van der Waals surface area (Å²) in [5, 5.41) is 6.86. The van der Waals surface area contributed by atoms with E-state index in [1.54, 1.807) is 32.2 Å². The van der Waals surface area contributed by atoms with Crippen molar-refractivity contribution in [3.63, 3.8) is 0 Å². The highest BCUT2D eigenvalue weighted by molar-refractivity contribution is 5.91. The van der Waals surface area contributed by atoms with Crippen LogP contribution < -0.4 is 23.7 Å². The Morgan fingerprint density at radius 3 is 2.37 bits per heavy atom. The third-order valence-electron chi connectivity index (χ3n) is 7.31. The van der Waals surface area contributed by atoms with Gasteiger partial charge in [0.15, 0.2) is 34.5 Å². The van der Waals surface area contributed by atoms with Crippen LogP contribution in [0.4, 0.5) is 0 Å². The van der Waals surface area contributed by atoms with Gasteiger partial charge < -0.3 is 23.7 Å². The van der Waals surface area contributed by atoms with Crippen molar-refractivity contribution in [1.82, 2.24) is 19.6 Å². The largest absolute Gasteiger partial charge is 0.493 e. The van der Waals surface area contributed by atoms with E-state index in [9.17, 15) is 0 Å². The number of para-hydroxylation sites is 2. The maximum Gasteiger partial charge on any atom is 0.228 e. The van der Waals surface area contributed by atoms with Crippen molar-refractivity contribution >= 4 is 16.4 Å². The second-order valence-electron chi connectivity index (χ2n) is 9.55. The van der Waals surface area contributed by atoms with Crippen LogP contribution in [-0.2, 0) is 6.61 Å². The molecule has 3 heterocycles. The summed E-state index contributed by atoms with van der Waals surface area (Å²) in [5.74, 6) is 3.98. The van der Waals surface area contributed by atoms with E-state index in [4.69, 9.17) is 28.7 Å². The number of rotatable bonds is 7. The van der Waals surface area contributed by atoms with Crippen LogP contribution in [0.25, 0.3) is 16.4 Å². The third-order valence-corrected chi connectivity index (χ3v) is 7.31. The molecule has 4 aromatic carbocycles. The van der Waals surface area contributed by atoms with Gasteiger partial charge in [0.25, 0.3) is 0 Å². The predicted octanol–water partition coefficient (Wildman–Crippen LogP) is 6.17. The molecule has 1 atom stereocenters. The molecule has 6 aromatic rings. The molecular weight excluding hydrogens is 520 g/mol. The van der Waals surface area contributed by atoms with Gasteiger partial charge in [-0.05, 0) is 46.7 Å². The lowest BCUT2D eigenvalue weighted by Gasteiger charge is -2.29. The molecule has 2 aromatic heterocycles. The van der Waals surface area contributed by atoms with Crippen molar-refractivity contribution in [2.75, 3.05) is 21.3 Å². The van der Waals surface area contributed by atoms with Crippen molar-refractivity contribution in [3.8, 4) is 34.6 Å². The third kappa shape index (κ3) is 4.13. The minimum absolute atomic E-state index is 0.151. The minimum atomic E-state index is -0.275. The Morgan fingerprint density at radius 1 is 0.780 bits per heavy atom. The quantitative estimate of drug-likeness (QED) is 0.235. The summed E-state index contributed by atoms with van der Waals surface area (Å²) in [4.78, 5) is 9.57. The Kier molecular flexibility index (Phi) is 6.04. The van der Waals surface area contributed by atoms with E-state index in [1.165, 1.54) is 0 Å². The molecule has 7 rings (SSSR count). The number of hydrogen-bond donors (Lipinski definition) is 0. The number of hydrogen-bond acceptors (Lipinski definition) is 8. The van der Waals surface area contributed by atoms with E-state index in [2.05, 4.69) is 28.3 Å². The summed E-state index contributed by atoms with van der Waals surface area (Å²) in [6, 6.07) is 25.8. The highest BCUT2D eigenvalue weighted by Gasteiger charge is 2.35. The highest BCUT2D eigenvalue weighted by atomic mass is 16.5. The first kappa shape index (κ1) is 24.7. The van der Waals surface area contributed by atoms with Crippen molar-refractivity contribution in [3.05, 3.63) is 108 Å². The molecule has 1 aliphatic rings. The number of benzene rings is 4. The Bertz CT molecular complexity index is 1920. The van der Waals surface area contributed by atoms with E-state index >= 15 is 0 Å². The molecule has 0 fully saturated rings. The fourth-order valence-corrected chi connectivity index (χ4v) is 5.46. The molecule has 0 spiro atoms. The SMILES string of the molecule is COc1ccc([C@@H]2c3c(ccc4ccccc34)Oc3ncn4nc(COc5ccccc5OC)nc4c32)cc1OC. The number of ether oxygens (including phenoxy) is 5. The first-order valence-electron chi connectivity index (χ1n) is 13.1. The van der Waals surface area contributed by atoms with E-state index in [0.717, 1.165) is 33.2 Å². The van der Waals surface area contributed by atoms with Crippen LogP contribution in [0.5, 0.6) is 34.6 Å². The van der Waals surface area contributed by atoms with Crippen molar-refractivity contribution in [2.45, 2.75) is 12.5 Å². The maximum absolute atomic E-state index is 6.42. The molecular formula is C32H26N4O5. The Hall–Kier alpha value is -5.31. The first-order valence-corrected chi connectivity index (χ1v) is 13.1. The van der Waals surface area contributed by atoms with E-state index < -0.39 is 0 Å². The van der Waals surface area contributed by atoms with Gasteiger partial charge in [-0.15, -0.1) is 5.10 Å². The average Bonchev–Trinajstić information content (AvgIpc) is 3.46. The van der Waals surface area contributed by atoms with Crippen LogP contribution in [0.3, 0.4) is 0 Å². The molecule has 0 radical (unpaired) electrons. The number of aromatic nitrogens is 4. The minimum Gasteiger partial charge on any atom is -0.493 e. The second-order valence-corrected chi connectivity index (χ2v) is 9.55. The monoisotopic (exact) mass is 546 g/mol. The lowest BCUT2D eigenvalue weighted by atomic mass is 9.81. The van der Waals surface area contributed by atoms with Gasteiger partial charge in [-0.25, -0.2) is 14.5 Å². The van der Waals surface area contributed by atoms with E-state index in [-0.39, 0.29) is 12.5 Å². The summed E-state index contributed by atoms with van der Waals surface area (Å²) in [7, 11) is 4.87. The van der Waals surface area contributed by atoms with Crippen LogP contribution in [0.1, 0.15) is 28.4 Å². The van der Waals surface area contributed by atoms with Crippen LogP contribution >= 0.6 is 0 Å². The van der Waals surface area contributed by atoms with Gasteiger partial charge in [-0.2, -0.15) is 0 Å². The Labute approximate surface area is 235 Å². The molecule has 0 amide bonds. The van der Waals surface area contributed by atoms with Gasteiger partial charge in [0, 0.05) is 11.5 Å². The zero-order chi connectivity index (χ0) is 27.9. The highest BCUT2D eigenvalue weighted by Crippen LogP contribution is 2.51. The van der Waals surface area contributed by atoms with Crippen LogP contribution in [-0.4, -0.2) is 40.9 Å². The number of fused-ring (bicyclic) bond motifs is 6. The maximum atomic E-state index is 6.42. The van der Waals surface area contributed by atoms with Gasteiger partial charge in [0.1, 0.15) is 18.7 Å². The second kappa shape index (κ2) is 10.0. The molecule has 9 nitrogen and oxygen atoms in total. The van der Waals surface area contributed by atoms with Gasteiger partial charge in [-0.3, -0.25) is 0 Å². The van der Waals surface area contributed by atoms with Crippen molar-refractivity contribution in [1.29, 1.82) is 0 Å². The van der Waals surface area contributed by atoms with Crippen molar-refractivity contribution in [2.24, 2.45) is 0 Å². The zero-order valence-electron chi connectivity index (χ0n) is 22.7. The first-order chi connectivity index (χ1) is 20.2. The topological polar surface area (TPSA) is 89.2 Å². The standard InChI is InChI=1S/C32H26N4O5/c1-37-22-10-6-7-11-24(22)40-17-27-34-31-30-28(20-13-14-23(38-2)26(16-20)39-3)29-21-9-5-4-8-19(21)12-15-25(29)41-32(30)33-18-36(31)35-27/h4-16,18,28H,17H2,1-3H3/t28-/m1/s1. The molecule has 9 heteroatoms. The van der Waals surface area contributed by atoms with Gasteiger partial charge in [-0.1, -0.05) is 48.5 Å². The summed E-state index contributed by atoms with van der Waals surface area (Å²) >= 11 is 0.